The van der Waals surface area contributed by atoms with Gasteiger partial charge < -0.3 is 10.1 Å². The summed E-state index contributed by atoms with van der Waals surface area (Å²) in [6.07, 6.45) is 0.927. The zero-order valence-corrected chi connectivity index (χ0v) is 13.0. The SMILES string of the molecule is COc1cc(NC(=O)CS(C)(=O)=O)ccc1S(=O)(=O)Cl. The lowest BCUT2D eigenvalue weighted by Gasteiger charge is -2.09. The van der Waals surface area contributed by atoms with Gasteiger partial charge in [-0.15, -0.1) is 0 Å². The predicted molar refractivity (Wildman–Crippen MR) is 74.4 cm³/mol. The molecule has 0 atom stereocenters. The van der Waals surface area contributed by atoms with Crippen LogP contribution in [0.4, 0.5) is 5.69 Å². The van der Waals surface area contributed by atoms with Crippen molar-refractivity contribution >= 4 is 41.2 Å². The first-order valence-electron chi connectivity index (χ1n) is 5.13. The summed E-state index contributed by atoms with van der Waals surface area (Å²) in [5.41, 5.74) is 0.194. The molecule has 0 unspecified atom stereocenters. The Balaban J connectivity index is 3.03. The van der Waals surface area contributed by atoms with Gasteiger partial charge in [-0.2, -0.15) is 0 Å². The molecule has 0 radical (unpaired) electrons. The van der Waals surface area contributed by atoms with E-state index in [4.69, 9.17) is 15.4 Å². The van der Waals surface area contributed by atoms with Crippen LogP contribution >= 0.6 is 10.7 Å². The molecule has 0 aromatic heterocycles. The van der Waals surface area contributed by atoms with Gasteiger partial charge in [0.15, 0.2) is 9.84 Å². The van der Waals surface area contributed by atoms with Gasteiger partial charge in [0.2, 0.25) is 5.91 Å². The monoisotopic (exact) mass is 341 g/mol. The van der Waals surface area contributed by atoms with E-state index in [1.807, 2.05) is 0 Å². The number of anilines is 1. The van der Waals surface area contributed by atoms with E-state index in [0.717, 1.165) is 12.3 Å². The maximum atomic E-state index is 11.4. The van der Waals surface area contributed by atoms with Crippen molar-refractivity contribution in [3.63, 3.8) is 0 Å². The van der Waals surface area contributed by atoms with E-state index in [-0.39, 0.29) is 16.3 Å². The van der Waals surface area contributed by atoms with Crippen molar-refractivity contribution in [3.05, 3.63) is 18.2 Å². The summed E-state index contributed by atoms with van der Waals surface area (Å²) in [6.45, 7) is 0. The normalized spacial score (nSPS) is 11.9. The van der Waals surface area contributed by atoms with Gasteiger partial charge >= 0.3 is 0 Å². The Bertz CT molecular complexity index is 726. The van der Waals surface area contributed by atoms with Gasteiger partial charge in [0, 0.05) is 28.7 Å². The molecule has 1 N–H and O–H groups in total. The van der Waals surface area contributed by atoms with Crippen molar-refractivity contribution in [2.45, 2.75) is 4.90 Å². The van der Waals surface area contributed by atoms with Crippen LogP contribution in [0.1, 0.15) is 0 Å². The second-order valence-corrected chi connectivity index (χ2v) is 8.60. The van der Waals surface area contributed by atoms with Crippen molar-refractivity contribution < 1.29 is 26.4 Å². The van der Waals surface area contributed by atoms with E-state index >= 15 is 0 Å². The summed E-state index contributed by atoms with van der Waals surface area (Å²) < 4.78 is 49.3. The lowest BCUT2D eigenvalue weighted by molar-refractivity contribution is -0.113. The summed E-state index contributed by atoms with van der Waals surface area (Å²) in [4.78, 5) is 11.2. The van der Waals surface area contributed by atoms with E-state index in [0.29, 0.717) is 0 Å². The predicted octanol–water partition coefficient (Wildman–Crippen LogP) is 0.606. The van der Waals surface area contributed by atoms with Crippen molar-refractivity contribution in [2.24, 2.45) is 0 Å². The van der Waals surface area contributed by atoms with Gasteiger partial charge in [-0.1, -0.05) is 0 Å². The molecule has 1 amide bonds. The molecule has 0 saturated carbocycles. The molecular weight excluding hydrogens is 330 g/mol. The standard InChI is InChI=1S/C10H12ClNO6S2/c1-18-8-5-7(3-4-9(8)20(11,16)17)12-10(13)6-19(2,14)15/h3-5H,6H2,1-2H3,(H,12,13). The van der Waals surface area contributed by atoms with Crippen LogP contribution in [0.15, 0.2) is 23.1 Å². The Kier molecular flexibility index (Phi) is 5.00. The molecule has 20 heavy (non-hydrogen) atoms. The fraction of sp³-hybridized carbons (Fsp3) is 0.300. The molecule has 0 heterocycles. The minimum atomic E-state index is -3.98. The van der Waals surface area contributed by atoms with Crippen molar-refractivity contribution in [3.8, 4) is 5.75 Å². The smallest absolute Gasteiger partial charge is 0.264 e. The van der Waals surface area contributed by atoms with Crippen molar-refractivity contribution in [2.75, 3.05) is 24.4 Å². The highest BCUT2D eigenvalue weighted by molar-refractivity contribution is 8.13. The summed E-state index contributed by atoms with van der Waals surface area (Å²) in [6, 6.07) is 3.66. The minimum Gasteiger partial charge on any atom is -0.495 e. The number of ether oxygens (including phenoxy) is 1. The van der Waals surface area contributed by atoms with Crippen LogP contribution < -0.4 is 10.1 Å². The number of methoxy groups -OCH3 is 1. The largest absolute Gasteiger partial charge is 0.495 e. The minimum absolute atomic E-state index is 0.0582. The Morgan fingerprint density at radius 2 is 1.90 bits per heavy atom. The first kappa shape index (κ1) is 16.7. The average molecular weight is 342 g/mol. The zero-order valence-electron chi connectivity index (χ0n) is 10.6. The second-order valence-electron chi connectivity index (χ2n) is 3.92. The number of halogens is 1. The molecule has 0 saturated heterocycles. The fourth-order valence-corrected chi connectivity index (χ4v) is 2.93. The molecule has 0 bridgehead atoms. The van der Waals surface area contributed by atoms with Crippen LogP contribution in [0.3, 0.4) is 0 Å². The number of hydrogen-bond acceptors (Lipinski definition) is 6. The second kappa shape index (κ2) is 5.98. The molecular formula is C10H12ClNO6S2. The molecule has 1 rings (SSSR count). The highest BCUT2D eigenvalue weighted by atomic mass is 35.7. The number of rotatable bonds is 5. The summed E-state index contributed by atoms with van der Waals surface area (Å²) in [7, 11) is -0.979. The van der Waals surface area contributed by atoms with Crippen molar-refractivity contribution in [1.29, 1.82) is 0 Å². The number of sulfone groups is 1. The van der Waals surface area contributed by atoms with Gasteiger partial charge in [-0.3, -0.25) is 4.79 Å². The van der Waals surface area contributed by atoms with E-state index in [1.54, 1.807) is 0 Å². The highest BCUT2D eigenvalue weighted by Crippen LogP contribution is 2.29. The molecule has 1 aromatic rings. The van der Waals surface area contributed by atoms with Gasteiger partial charge in [0.1, 0.15) is 16.4 Å². The summed E-state index contributed by atoms with van der Waals surface area (Å²) in [5.74, 6) is -1.47. The van der Waals surface area contributed by atoms with Crippen LogP contribution in [0, 0.1) is 0 Å². The third kappa shape index (κ3) is 4.99. The molecule has 112 valence electrons. The number of carbonyl (C=O) groups excluding carboxylic acids is 1. The molecule has 0 aliphatic rings. The Morgan fingerprint density at radius 1 is 1.30 bits per heavy atom. The summed E-state index contributed by atoms with van der Waals surface area (Å²) >= 11 is 0. The fourth-order valence-electron chi connectivity index (χ4n) is 1.38. The maximum Gasteiger partial charge on any atom is 0.264 e. The number of amides is 1. The average Bonchev–Trinajstić information content (AvgIpc) is 2.24. The molecule has 0 spiro atoms. The highest BCUT2D eigenvalue weighted by Gasteiger charge is 2.18. The van der Waals surface area contributed by atoms with E-state index in [9.17, 15) is 21.6 Å². The lowest BCUT2D eigenvalue weighted by atomic mass is 10.3. The molecule has 7 nitrogen and oxygen atoms in total. The molecule has 0 fully saturated rings. The van der Waals surface area contributed by atoms with Gasteiger partial charge in [-0.25, -0.2) is 16.8 Å². The third-order valence-corrected chi connectivity index (χ3v) is 4.25. The van der Waals surface area contributed by atoms with Crippen LogP contribution in [0.5, 0.6) is 5.75 Å². The quantitative estimate of drug-likeness (QED) is 0.786. The van der Waals surface area contributed by atoms with Crippen molar-refractivity contribution in [1.82, 2.24) is 0 Å². The third-order valence-electron chi connectivity index (χ3n) is 2.10. The first-order valence-corrected chi connectivity index (χ1v) is 9.50. The van der Waals surface area contributed by atoms with Crippen LogP contribution in [0.25, 0.3) is 0 Å². The van der Waals surface area contributed by atoms with E-state index < -0.39 is 30.5 Å². The van der Waals surface area contributed by atoms with Gasteiger partial charge in [0.05, 0.1) is 7.11 Å². The number of carbonyl (C=O) groups is 1. The maximum absolute atomic E-state index is 11.4. The number of benzene rings is 1. The Hall–Kier alpha value is -1.32. The van der Waals surface area contributed by atoms with Gasteiger partial charge in [-0.05, 0) is 12.1 Å². The number of nitrogens with one attached hydrogen (secondary N) is 1. The molecule has 0 aliphatic carbocycles. The topological polar surface area (TPSA) is 107 Å². The Morgan fingerprint density at radius 3 is 2.35 bits per heavy atom. The van der Waals surface area contributed by atoms with Crippen LogP contribution in [-0.2, 0) is 23.7 Å². The Labute approximate surface area is 121 Å². The zero-order chi connectivity index (χ0) is 15.6. The summed E-state index contributed by atoms with van der Waals surface area (Å²) in [5, 5.41) is 2.32. The molecule has 1 aromatic carbocycles. The van der Waals surface area contributed by atoms with E-state index in [2.05, 4.69) is 5.32 Å². The van der Waals surface area contributed by atoms with Crippen LogP contribution in [0.2, 0.25) is 0 Å². The molecule has 0 aliphatic heterocycles. The van der Waals surface area contributed by atoms with Gasteiger partial charge in [0.25, 0.3) is 9.05 Å². The number of hydrogen-bond donors (Lipinski definition) is 1. The first-order chi connectivity index (χ1) is 9.03. The van der Waals surface area contributed by atoms with Crippen LogP contribution in [-0.4, -0.2) is 41.9 Å². The lowest BCUT2D eigenvalue weighted by Crippen LogP contribution is -2.21. The van der Waals surface area contributed by atoms with E-state index in [1.165, 1.54) is 19.2 Å². The molecule has 10 heteroatoms.